The van der Waals surface area contributed by atoms with E-state index in [0.29, 0.717) is 18.8 Å². The summed E-state index contributed by atoms with van der Waals surface area (Å²) in [5, 5.41) is 2.81. The molecule has 4 nitrogen and oxygen atoms in total. The second-order valence-electron chi connectivity index (χ2n) is 6.00. The minimum atomic E-state index is -0.484. The first-order valence-electron chi connectivity index (χ1n) is 8.90. The number of rotatable bonds is 9. The molecule has 0 bridgehead atoms. The van der Waals surface area contributed by atoms with Crippen LogP contribution in [0, 0.1) is 0 Å². The Labute approximate surface area is 160 Å². The fraction of sp³-hybridized carbons (Fsp3) is 0.333. The first-order chi connectivity index (χ1) is 12.6. The van der Waals surface area contributed by atoms with Crippen molar-refractivity contribution in [3.63, 3.8) is 0 Å². The molecule has 0 heterocycles. The lowest BCUT2D eigenvalue weighted by Gasteiger charge is -2.28. The third kappa shape index (κ3) is 6.23. The van der Waals surface area contributed by atoms with E-state index in [9.17, 15) is 9.59 Å². The molecule has 5 heteroatoms. The molecule has 0 fully saturated rings. The van der Waals surface area contributed by atoms with Crippen LogP contribution in [0.5, 0.6) is 0 Å². The van der Waals surface area contributed by atoms with Crippen molar-refractivity contribution < 1.29 is 9.59 Å². The van der Waals surface area contributed by atoms with Crippen LogP contribution in [-0.2, 0) is 16.0 Å². The van der Waals surface area contributed by atoms with Crippen molar-refractivity contribution in [2.75, 3.05) is 18.8 Å². The van der Waals surface area contributed by atoms with Crippen molar-refractivity contribution in [1.29, 1.82) is 0 Å². The zero-order valence-corrected chi connectivity index (χ0v) is 16.2. The Kier molecular flexibility index (Phi) is 8.22. The molecule has 0 unspecified atom stereocenters. The maximum atomic E-state index is 12.8. The van der Waals surface area contributed by atoms with Crippen LogP contribution in [0.15, 0.2) is 65.6 Å². The highest BCUT2D eigenvalue weighted by Gasteiger charge is 2.25. The van der Waals surface area contributed by atoms with Crippen LogP contribution >= 0.6 is 11.8 Å². The standard InChI is InChI=1S/C21H26N2O2S/c1-3-22-21(25)17(2)23(15-14-18-10-6-4-7-11-18)20(24)16-26-19-12-8-5-9-13-19/h4-13,17H,3,14-16H2,1-2H3,(H,22,25)/t17-/m0/s1. The summed E-state index contributed by atoms with van der Waals surface area (Å²) >= 11 is 1.50. The Morgan fingerprint density at radius 1 is 1.04 bits per heavy atom. The van der Waals surface area contributed by atoms with Crippen LogP contribution in [0.25, 0.3) is 0 Å². The van der Waals surface area contributed by atoms with Gasteiger partial charge in [-0.15, -0.1) is 11.8 Å². The van der Waals surface area contributed by atoms with Gasteiger partial charge in [-0.2, -0.15) is 0 Å². The van der Waals surface area contributed by atoms with Gasteiger partial charge in [-0.3, -0.25) is 9.59 Å². The van der Waals surface area contributed by atoms with Gasteiger partial charge in [0.25, 0.3) is 0 Å². The van der Waals surface area contributed by atoms with E-state index in [0.717, 1.165) is 16.9 Å². The predicted octanol–water partition coefficient (Wildman–Crippen LogP) is 3.37. The molecule has 0 aliphatic rings. The molecule has 0 radical (unpaired) electrons. The van der Waals surface area contributed by atoms with Crippen LogP contribution < -0.4 is 5.32 Å². The number of hydrogen-bond donors (Lipinski definition) is 1. The van der Waals surface area contributed by atoms with Crippen molar-refractivity contribution in [1.82, 2.24) is 10.2 Å². The highest BCUT2D eigenvalue weighted by molar-refractivity contribution is 8.00. The summed E-state index contributed by atoms with van der Waals surface area (Å²) < 4.78 is 0. The molecule has 2 aromatic carbocycles. The number of nitrogens with zero attached hydrogens (tertiary/aromatic N) is 1. The fourth-order valence-electron chi connectivity index (χ4n) is 2.64. The van der Waals surface area contributed by atoms with E-state index >= 15 is 0 Å². The largest absolute Gasteiger partial charge is 0.355 e. The number of amides is 2. The molecule has 2 amide bonds. The average Bonchev–Trinajstić information content (AvgIpc) is 2.68. The summed E-state index contributed by atoms with van der Waals surface area (Å²) in [4.78, 5) is 27.8. The van der Waals surface area contributed by atoms with Crippen molar-refractivity contribution in [3.8, 4) is 0 Å². The summed E-state index contributed by atoms with van der Waals surface area (Å²) in [5.41, 5.74) is 1.16. The smallest absolute Gasteiger partial charge is 0.242 e. The van der Waals surface area contributed by atoms with Gasteiger partial charge in [-0.1, -0.05) is 48.5 Å². The van der Waals surface area contributed by atoms with Gasteiger partial charge in [0.05, 0.1) is 5.75 Å². The van der Waals surface area contributed by atoms with Gasteiger partial charge in [0, 0.05) is 18.0 Å². The third-order valence-corrected chi connectivity index (χ3v) is 5.10. The van der Waals surface area contributed by atoms with Gasteiger partial charge < -0.3 is 10.2 Å². The summed E-state index contributed by atoms with van der Waals surface area (Å²) in [5.74, 6) is 0.190. The molecule has 2 aromatic rings. The molecule has 0 aliphatic carbocycles. The van der Waals surface area contributed by atoms with Gasteiger partial charge in [0.15, 0.2) is 0 Å². The number of likely N-dealkylation sites (N-methyl/N-ethyl adjacent to an activating group) is 1. The van der Waals surface area contributed by atoms with Crippen LogP contribution in [0.2, 0.25) is 0 Å². The van der Waals surface area contributed by atoms with Crippen molar-refractivity contribution in [2.24, 2.45) is 0 Å². The molecule has 0 aromatic heterocycles. The molecule has 0 saturated carbocycles. The Morgan fingerprint density at radius 3 is 2.27 bits per heavy atom. The Bertz CT molecular complexity index is 692. The van der Waals surface area contributed by atoms with Crippen LogP contribution in [0.4, 0.5) is 0 Å². The van der Waals surface area contributed by atoms with E-state index in [1.165, 1.54) is 11.8 Å². The topological polar surface area (TPSA) is 49.4 Å². The molecule has 0 spiro atoms. The summed E-state index contributed by atoms with van der Waals surface area (Å²) in [7, 11) is 0. The SMILES string of the molecule is CCNC(=O)[C@H](C)N(CCc1ccccc1)C(=O)CSc1ccccc1. The number of carbonyl (C=O) groups is 2. The van der Waals surface area contributed by atoms with E-state index in [1.807, 2.05) is 67.6 Å². The first-order valence-corrected chi connectivity index (χ1v) is 9.89. The minimum Gasteiger partial charge on any atom is -0.355 e. The lowest BCUT2D eigenvalue weighted by Crippen LogP contribution is -2.49. The number of thioether (sulfide) groups is 1. The zero-order chi connectivity index (χ0) is 18.8. The van der Waals surface area contributed by atoms with Crippen LogP contribution in [0.3, 0.4) is 0 Å². The Hall–Kier alpha value is -2.27. The highest BCUT2D eigenvalue weighted by atomic mass is 32.2. The van der Waals surface area contributed by atoms with Gasteiger partial charge in [0.1, 0.15) is 6.04 Å². The number of benzene rings is 2. The second-order valence-corrected chi connectivity index (χ2v) is 7.04. The third-order valence-electron chi connectivity index (χ3n) is 4.11. The lowest BCUT2D eigenvalue weighted by molar-refractivity contribution is -0.137. The Morgan fingerprint density at radius 2 is 1.65 bits per heavy atom. The second kappa shape index (κ2) is 10.7. The van der Waals surface area contributed by atoms with Gasteiger partial charge >= 0.3 is 0 Å². The molecule has 26 heavy (non-hydrogen) atoms. The normalized spacial score (nSPS) is 11.6. The van der Waals surface area contributed by atoms with E-state index < -0.39 is 6.04 Å². The molecular formula is C21H26N2O2S. The molecule has 0 aliphatic heterocycles. The monoisotopic (exact) mass is 370 g/mol. The molecule has 1 atom stereocenters. The molecule has 0 saturated heterocycles. The minimum absolute atomic E-state index is 0.0199. The summed E-state index contributed by atoms with van der Waals surface area (Å²) in [6, 6.07) is 19.4. The van der Waals surface area contributed by atoms with Crippen molar-refractivity contribution >= 4 is 23.6 Å². The molecular weight excluding hydrogens is 344 g/mol. The van der Waals surface area contributed by atoms with Gasteiger partial charge in [0.2, 0.25) is 11.8 Å². The van der Waals surface area contributed by atoms with Crippen molar-refractivity contribution in [2.45, 2.75) is 31.2 Å². The Balaban J connectivity index is 2.02. The zero-order valence-electron chi connectivity index (χ0n) is 15.4. The summed E-state index contributed by atoms with van der Waals surface area (Å²) in [6.07, 6.45) is 0.729. The highest BCUT2D eigenvalue weighted by Crippen LogP contribution is 2.18. The van der Waals surface area contributed by atoms with E-state index in [1.54, 1.807) is 11.8 Å². The number of hydrogen-bond acceptors (Lipinski definition) is 3. The fourth-order valence-corrected chi connectivity index (χ4v) is 3.44. The van der Waals surface area contributed by atoms with Gasteiger partial charge in [-0.25, -0.2) is 0 Å². The number of nitrogens with one attached hydrogen (secondary N) is 1. The average molecular weight is 371 g/mol. The number of carbonyl (C=O) groups excluding carboxylic acids is 2. The van der Waals surface area contributed by atoms with Crippen LogP contribution in [0.1, 0.15) is 19.4 Å². The quantitative estimate of drug-likeness (QED) is 0.689. The van der Waals surface area contributed by atoms with E-state index in [2.05, 4.69) is 5.32 Å². The molecule has 138 valence electrons. The molecule has 1 N–H and O–H groups in total. The van der Waals surface area contributed by atoms with Gasteiger partial charge in [-0.05, 0) is 38.0 Å². The molecule has 2 rings (SSSR count). The maximum Gasteiger partial charge on any atom is 0.242 e. The predicted molar refractivity (Wildman–Crippen MR) is 107 cm³/mol. The van der Waals surface area contributed by atoms with E-state index in [-0.39, 0.29) is 11.8 Å². The van der Waals surface area contributed by atoms with Crippen LogP contribution in [-0.4, -0.2) is 41.6 Å². The van der Waals surface area contributed by atoms with E-state index in [4.69, 9.17) is 0 Å². The lowest BCUT2D eigenvalue weighted by atomic mass is 10.1. The maximum absolute atomic E-state index is 12.8. The van der Waals surface area contributed by atoms with Crippen molar-refractivity contribution in [3.05, 3.63) is 66.2 Å². The summed E-state index contributed by atoms with van der Waals surface area (Å²) in [6.45, 7) is 4.76. The first kappa shape index (κ1) is 20.0.